The first kappa shape index (κ1) is 11.8. The standard InChI is InChI=1S/C11H16FN3/c1-2-3-4-5-11(15-13)9-6-7-14-8-10(9)12/h2,6-8,11,15H,1,3-5,13H2. The van der Waals surface area contributed by atoms with E-state index in [9.17, 15) is 4.39 Å². The predicted molar refractivity (Wildman–Crippen MR) is 58.3 cm³/mol. The average Bonchev–Trinajstić information content (AvgIpc) is 2.26. The number of hydrogen-bond donors (Lipinski definition) is 2. The lowest BCUT2D eigenvalue weighted by Gasteiger charge is -2.16. The number of pyridine rings is 1. The number of nitrogens with one attached hydrogen (secondary N) is 1. The van der Waals surface area contributed by atoms with Crippen LogP contribution >= 0.6 is 0 Å². The van der Waals surface area contributed by atoms with E-state index in [4.69, 9.17) is 5.84 Å². The molecule has 3 N–H and O–H groups in total. The van der Waals surface area contributed by atoms with Crippen molar-refractivity contribution in [3.8, 4) is 0 Å². The molecule has 0 amide bonds. The van der Waals surface area contributed by atoms with Crippen molar-refractivity contribution < 1.29 is 4.39 Å². The maximum atomic E-state index is 13.4. The molecule has 0 saturated heterocycles. The average molecular weight is 209 g/mol. The smallest absolute Gasteiger partial charge is 0.146 e. The summed E-state index contributed by atoms with van der Waals surface area (Å²) in [5.41, 5.74) is 3.18. The zero-order chi connectivity index (χ0) is 11.1. The number of nitrogens with two attached hydrogens (primary N) is 1. The van der Waals surface area contributed by atoms with Gasteiger partial charge in [0, 0.05) is 17.8 Å². The van der Waals surface area contributed by atoms with E-state index in [0.29, 0.717) is 5.56 Å². The fraction of sp³-hybridized carbons (Fsp3) is 0.364. The minimum Gasteiger partial charge on any atom is -0.271 e. The van der Waals surface area contributed by atoms with Crippen LogP contribution in [0.5, 0.6) is 0 Å². The number of nitrogens with zero attached hydrogens (tertiary/aromatic N) is 1. The van der Waals surface area contributed by atoms with Crippen molar-refractivity contribution in [3.63, 3.8) is 0 Å². The third-order valence-electron chi connectivity index (χ3n) is 2.28. The van der Waals surface area contributed by atoms with Crippen molar-refractivity contribution >= 4 is 0 Å². The third kappa shape index (κ3) is 3.42. The number of hydrogen-bond acceptors (Lipinski definition) is 3. The molecule has 3 nitrogen and oxygen atoms in total. The number of allylic oxidation sites excluding steroid dienone is 1. The lowest BCUT2D eigenvalue weighted by Crippen LogP contribution is -2.28. The van der Waals surface area contributed by atoms with Gasteiger partial charge in [0.2, 0.25) is 0 Å². The molecule has 1 atom stereocenters. The number of hydrazine groups is 1. The van der Waals surface area contributed by atoms with E-state index in [-0.39, 0.29) is 11.9 Å². The fourth-order valence-electron chi connectivity index (χ4n) is 1.46. The van der Waals surface area contributed by atoms with Crippen molar-refractivity contribution in [2.24, 2.45) is 5.84 Å². The van der Waals surface area contributed by atoms with Crippen LogP contribution in [0.4, 0.5) is 4.39 Å². The lowest BCUT2D eigenvalue weighted by atomic mass is 10.0. The Kier molecular flexibility index (Phi) is 4.93. The Balaban J connectivity index is 2.65. The highest BCUT2D eigenvalue weighted by atomic mass is 19.1. The highest BCUT2D eigenvalue weighted by molar-refractivity contribution is 5.17. The molecule has 0 saturated carbocycles. The molecule has 1 aromatic heterocycles. The molecule has 0 aliphatic carbocycles. The van der Waals surface area contributed by atoms with Crippen molar-refractivity contribution in [2.75, 3.05) is 0 Å². The van der Waals surface area contributed by atoms with Crippen LogP contribution in [0, 0.1) is 5.82 Å². The largest absolute Gasteiger partial charge is 0.271 e. The third-order valence-corrected chi connectivity index (χ3v) is 2.28. The Morgan fingerprint density at radius 3 is 3.07 bits per heavy atom. The van der Waals surface area contributed by atoms with Crippen molar-refractivity contribution in [1.29, 1.82) is 0 Å². The predicted octanol–water partition coefficient (Wildman–Crippen LogP) is 2.08. The Hall–Kier alpha value is -1.26. The molecule has 0 bridgehead atoms. The second-order valence-electron chi connectivity index (χ2n) is 3.34. The Morgan fingerprint density at radius 1 is 1.67 bits per heavy atom. The molecule has 0 aromatic carbocycles. The van der Waals surface area contributed by atoms with Crippen LogP contribution in [0.3, 0.4) is 0 Å². The van der Waals surface area contributed by atoms with E-state index >= 15 is 0 Å². The second-order valence-corrected chi connectivity index (χ2v) is 3.34. The van der Waals surface area contributed by atoms with Crippen LogP contribution in [0.1, 0.15) is 30.9 Å². The lowest BCUT2D eigenvalue weighted by molar-refractivity contribution is 0.472. The van der Waals surface area contributed by atoms with Crippen LogP contribution in [-0.2, 0) is 0 Å². The second kappa shape index (κ2) is 6.27. The molecule has 15 heavy (non-hydrogen) atoms. The van der Waals surface area contributed by atoms with Crippen LogP contribution in [0.2, 0.25) is 0 Å². The first-order valence-corrected chi connectivity index (χ1v) is 4.96. The molecule has 1 unspecified atom stereocenters. The summed E-state index contributed by atoms with van der Waals surface area (Å²) in [4.78, 5) is 3.70. The summed E-state index contributed by atoms with van der Waals surface area (Å²) in [6.07, 6.45) is 7.23. The van der Waals surface area contributed by atoms with Crippen molar-refractivity contribution in [1.82, 2.24) is 10.4 Å². The van der Waals surface area contributed by atoms with E-state index in [1.807, 2.05) is 6.08 Å². The van der Waals surface area contributed by atoms with Gasteiger partial charge < -0.3 is 0 Å². The molecule has 0 aliphatic rings. The zero-order valence-electron chi connectivity index (χ0n) is 8.62. The molecule has 82 valence electrons. The SMILES string of the molecule is C=CCCCC(NN)c1ccncc1F. The van der Waals surface area contributed by atoms with Gasteiger partial charge in [-0.2, -0.15) is 0 Å². The minimum atomic E-state index is -0.320. The normalized spacial score (nSPS) is 12.4. The van der Waals surface area contributed by atoms with Crippen molar-refractivity contribution in [3.05, 3.63) is 42.5 Å². The molecule has 1 heterocycles. The summed E-state index contributed by atoms with van der Waals surface area (Å²) >= 11 is 0. The summed E-state index contributed by atoms with van der Waals surface area (Å²) in [6, 6.07) is 1.49. The van der Waals surface area contributed by atoms with E-state index in [0.717, 1.165) is 19.3 Å². The van der Waals surface area contributed by atoms with Crippen molar-refractivity contribution in [2.45, 2.75) is 25.3 Å². The molecule has 0 radical (unpaired) electrons. The van der Waals surface area contributed by atoms with Gasteiger partial charge in [-0.1, -0.05) is 6.08 Å². The summed E-state index contributed by atoms with van der Waals surface area (Å²) in [5.74, 6) is 5.07. The highest BCUT2D eigenvalue weighted by Crippen LogP contribution is 2.20. The van der Waals surface area contributed by atoms with Gasteiger partial charge in [-0.15, -0.1) is 6.58 Å². The molecular weight excluding hydrogens is 193 g/mol. The fourth-order valence-corrected chi connectivity index (χ4v) is 1.46. The quantitative estimate of drug-likeness (QED) is 0.326. The van der Waals surface area contributed by atoms with Crippen LogP contribution in [0.15, 0.2) is 31.1 Å². The number of unbranched alkanes of at least 4 members (excludes halogenated alkanes) is 1. The topological polar surface area (TPSA) is 50.9 Å². The molecule has 0 aliphatic heterocycles. The van der Waals surface area contributed by atoms with Gasteiger partial charge in [-0.25, -0.2) is 4.39 Å². The van der Waals surface area contributed by atoms with Gasteiger partial charge in [0.15, 0.2) is 0 Å². The summed E-state index contributed by atoms with van der Waals surface area (Å²) in [6.45, 7) is 3.64. The molecule has 0 fully saturated rings. The van der Waals surface area contributed by atoms with Crippen LogP contribution < -0.4 is 11.3 Å². The summed E-state index contributed by atoms with van der Waals surface area (Å²) in [5, 5.41) is 0. The molecule has 0 spiro atoms. The van der Waals surface area contributed by atoms with E-state index in [2.05, 4.69) is 17.0 Å². The molecule has 4 heteroatoms. The van der Waals surface area contributed by atoms with Gasteiger partial charge in [-0.05, 0) is 25.3 Å². The van der Waals surface area contributed by atoms with Gasteiger partial charge in [0.1, 0.15) is 5.82 Å². The van der Waals surface area contributed by atoms with Crippen LogP contribution in [-0.4, -0.2) is 4.98 Å². The van der Waals surface area contributed by atoms with Crippen LogP contribution in [0.25, 0.3) is 0 Å². The minimum absolute atomic E-state index is 0.159. The molecule has 1 rings (SSSR count). The van der Waals surface area contributed by atoms with E-state index < -0.39 is 0 Å². The molecular formula is C11H16FN3. The highest BCUT2D eigenvalue weighted by Gasteiger charge is 2.13. The monoisotopic (exact) mass is 209 g/mol. The maximum Gasteiger partial charge on any atom is 0.146 e. The summed E-state index contributed by atoms with van der Waals surface area (Å²) < 4.78 is 13.4. The van der Waals surface area contributed by atoms with Gasteiger partial charge in [0.25, 0.3) is 0 Å². The van der Waals surface area contributed by atoms with Gasteiger partial charge in [-0.3, -0.25) is 16.3 Å². The number of aromatic nitrogens is 1. The first-order valence-electron chi connectivity index (χ1n) is 4.96. The molecule has 1 aromatic rings. The van der Waals surface area contributed by atoms with Gasteiger partial charge in [0.05, 0.1) is 6.20 Å². The zero-order valence-corrected chi connectivity index (χ0v) is 8.62. The van der Waals surface area contributed by atoms with E-state index in [1.165, 1.54) is 6.20 Å². The Bertz CT molecular complexity index is 314. The Labute approximate surface area is 89.2 Å². The summed E-state index contributed by atoms with van der Waals surface area (Å²) in [7, 11) is 0. The van der Waals surface area contributed by atoms with E-state index in [1.54, 1.807) is 12.3 Å². The maximum absolute atomic E-state index is 13.4. The Morgan fingerprint density at radius 2 is 2.47 bits per heavy atom. The number of rotatable bonds is 6. The number of halogens is 1. The first-order chi connectivity index (χ1) is 7.29. The van der Waals surface area contributed by atoms with Gasteiger partial charge >= 0.3 is 0 Å².